The highest BCUT2D eigenvalue weighted by Gasteiger charge is 2.34. The maximum Gasteiger partial charge on any atom is 0.256 e. The number of aryl methyl sites for hydroxylation is 1. The third kappa shape index (κ3) is 2.73. The number of carbonyl (C=O) groups is 1. The van der Waals surface area contributed by atoms with Crippen LogP contribution in [0.5, 0.6) is 0 Å². The number of hydrogen-bond acceptors (Lipinski definition) is 5. The Morgan fingerprint density at radius 2 is 2.19 bits per heavy atom. The first-order valence-corrected chi connectivity index (χ1v) is 10.3. The molecular weight excluding hydrogens is 361 g/mol. The first kappa shape index (κ1) is 17.2. The molecule has 2 aliphatic rings. The van der Waals surface area contributed by atoms with E-state index in [-0.39, 0.29) is 18.3 Å². The monoisotopic (exact) mass is 381 g/mol. The predicted octanol–water partition coefficient (Wildman–Crippen LogP) is 1.01. The standard InChI is InChI=1S/C16H20FN5O3S/c1-26(24,25)21-6-5-10-13(8-21)20-22(15(10)18)16(23)9-3-2-4-12-11(9)7-14(17)19-12/h7,9,19H,2-6,8,18H2,1H3. The average molecular weight is 381 g/mol. The second-order valence-corrected chi connectivity index (χ2v) is 8.89. The third-order valence-corrected chi connectivity index (χ3v) is 6.47. The molecule has 3 N–H and O–H groups in total. The van der Waals surface area contributed by atoms with E-state index in [4.69, 9.17) is 5.73 Å². The lowest BCUT2D eigenvalue weighted by Gasteiger charge is -2.23. The number of nitrogens with two attached hydrogens (primary N) is 1. The number of carbonyl (C=O) groups excluding carboxylic acids is 1. The van der Waals surface area contributed by atoms with Crippen molar-refractivity contribution in [3.63, 3.8) is 0 Å². The summed E-state index contributed by atoms with van der Waals surface area (Å²) in [6.45, 7) is 0.417. The van der Waals surface area contributed by atoms with Crippen LogP contribution in [0.2, 0.25) is 0 Å². The second-order valence-electron chi connectivity index (χ2n) is 6.90. The van der Waals surface area contributed by atoms with Crippen LogP contribution in [0.4, 0.5) is 10.2 Å². The molecule has 2 aromatic rings. The number of sulfonamides is 1. The molecule has 1 unspecified atom stereocenters. The van der Waals surface area contributed by atoms with E-state index >= 15 is 0 Å². The largest absolute Gasteiger partial charge is 0.383 e. The van der Waals surface area contributed by atoms with Crippen LogP contribution in [0.25, 0.3) is 0 Å². The Bertz CT molecular complexity index is 994. The zero-order chi connectivity index (χ0) is 18.6. The van der Waals surface area contributed by atoms with Gasteiger partial charge in [0.1, 0.15) is 5.82 Å². The van der Waals surface area contributed by atoms with Gasteiger partial charge in [0, 0.05) is 17.8 Å². The zero-order valence-electron chi connectivity index (χ0n) is 14.3. The average Bonchev–Trinajstić information content (AvgIpc) is 3.12. The van der Waals surface area contributed by atoms with Gasteiger partial charge in [-0.05, 0) is 37.3 Å². The topological polar surface area (TPSA) is 114 Å². The van der Waals surface area contributed by atoms with Gasteiger partial charge in [-0.15, -0.1) is 0 Å². The van der Waals surface area contributed by atoms with Crippen LogP contribution < -0.4 is 5.73 Å². The van der Waals surface area contributed by atoms with Gasteiger partial charge in [-0.25, -0.2) is 8.42 Å². The minimum Gasteiger partial charge on any atom is -0.383 e. The van der Waals surface area contributed by atoms with Crippen LogP contribution in [0.1, 0.15) is 46.1 Å². The number of anilines is 1. The van der Waals surface area contributed by atoms with Gasteiger partial charge in [0.25, 0.3) is 5.91 Å². The number of fused-ring (bicyclic) bond motifs is 2. The summed E-state index contributed by atoms with van der Waals surface area (Å²) in [6.07, 6.45) is 3.63. The Morgan fingerprint density at radius 1 is 1.42 bits per heavy atom. The molecule has 140 valence electrons. The number of aromatic amines is 1. The summed E-state index contributed by atoms with van der Waals surface area (Å²) in [6, 6.07) is 1.36. The smallest absolute Gasteiger partial charge is 0.256 e. The van der Waals surface area contributed by atoms with E-state index in [9.17, 15) is 17.6 Å². The van der Waals surface area contributed by atoms with Crippen LogP contribution >= 0.6 is 0 Å². The molecule has 2 aromatic heterocycles. The summed E-state index contributed by atoms with van der Waals surface area (Å²) in [4.78, 5) is 15.7. The molecule has 0 saturated heterocycles. The van der Waals surface area contributed by atoms with E-state index < -0.39 is 21.9 Å². The molecule has 0 aromatic carbocycles. The maximum atomic E-state index is 13.6. The molecule has 0 saturated carbocycles. The molecule has 0 bridgehead atoms. The quantitative estimate of drug-likeness (QED) is 0.806. The van der Waals surface area contributed by atoms with E-state index in [2.05, 4.69) is 10.1 Å². The fourth-order valence-corrected chi connectivity index (χ4v) is 4.66. The molecule has 1 aliphatic heterocycles. The van der Waals surface area contributed by atoms with Crippen molar-refractivity contribution in [1.29, 1.82) is 0 Å². The van der Waals surface area contributed by atoms with E-state index in [1.807, 2.05) is 0 Å². The Morgan fingerprint density at radius 3 is 2.92 bits per heavy atom. The van der Waals surface area contributed by atoms with Gasteiger partial charge in [0.2, 0.25) is 10.0 Å². The maximum absolute atomic E-state index is 13.6. The summed E-state index contributed by atoms with van der Waals surface area (Å²) in [7, 11) is -3.34. The number of hydrogen-bond donors (Lipinski definition) is 2. The molecule has 8 nitrogen and oxygen atoms in total. The van der Waals surface area contributed by atoms with Crippen LogP contribution in [0, 0.1) is 5.95 Å². The SMILES string of the molecule is CS(=O)(=O)N1CCc2c(nn(C(=O)C3CCCc4[nH]c(F)cc43)c2N)C1. The Balaban J connectivity index is 1.68. The van der Waals surface area contributed by atoms with Gasteiger partial charge < -0.3 is 10.7 Å². The van der Waals surface area contributed by atoms with Gasteiger partial charge in [0.05, 0.1) is 24.4 Å². The van der Waals surface area contributed by atoms with Gasteiger partial charge in [-0.1, -0.05) is 0 Å². The lowest BCUT2D eigenvalue weighted by Crippen LogP contribution is -2.35. The van der Waals surface area contributed by atoms with Crippen LogP contribution in [-0.4, -0.2) is 46.2 Å². The van der Waals surface area contributed by atoms with Gasteiger partial charge >= 0.3 is 0 Å². The number of nitrogen functional groups attached to an aromatic ring is 1. The molecule has 0 radical (unpaired) electrons. The number of nitrogens with one attached hydrogen (secondary N) is 1. The number of aromatic nitrogens is 3. The van der Waals surface area contributed by atoms with Crippen molar-refractivity contribution in [2.45, 2.75) is 38.1 Å². The van der Waals surface area contributed by atoms with E-state index in [1.165, 1.54) is 15.1 Å². The van der Waals surface area contributed by atoms with Crippen molar-refractivity contribution in [2.75, 3.05) is 18.5 Å². The van der Waals surface area contributed by atoms with Crippen LogP contribution in [0.3, 0.4) is 0 Å². The number of halogens is 1. The third-order valence-electron chi connectivity index (χ3n) is 5.22. The fraction of sp³-hybridized carbons (Fsp3) is 0.500. The van der Waals surface area contributed by atoms with E-state index in [0.29, 0.717) is 37.1 Å². The summed E-state index contributed by atoms with van der Waals surface area (Å²) in [5.41, 5.74) is 8.76. The molecule has 0 amide bonds. The second kappa shape index (κ2) is 5.92. The number of rotatable bonds is 2. The lowest BCUT2D eigenvalue weighted by atomic mass is 9.86. The molecule has 10 heteroatoms. The molecule has 1 atom stereocenters. The Hall–Kier alpha value is -2.20. The molecule has 0 fully saturated rings. The van der Waals surface area contributed by atoms with Gasteiger partial charge in [-0.2, -0.15) is 18.5 Å². The predicted molar refractivity (Wildman–Crippen MR) is 92.7 cm³/mol. The molecule has 4 rings (SSSR count). The summed E-state index contributed by atoms with van der Waals surface area (Å²) < 4.78 is 39.6. The summed E-state index contributed by atoms with van der Waals surface area (Å²) in [5.74, 6) is -1.01. The normalized spacial score (nSPS) is 20.6. The van der Waals surface area contributed by atoms with Crippen molar-refractivity contribution < 1.29 is 17.6 Å². The van der Waals surface area contributed by atoms with E-state index in [0.717, 1.165) is 23.9 Å². The first-order chi connectivity index (χ1) is 12.3. The fourth-order valence-electron chi connectivity index (χ4n) is 3.88. The van der Waals surface area contributed by atoms with Crippen molar-refractivity contribution >= 4 is 21.7 Å². The van der Waals surface area contributed by atoms with Gasteiger partial charge in [0.15, 0.2) is 5.95 Å². The molecule has 26 heavy (non-hydrogen) atoms. The van der Waals surface area contributed by atoms with Crippen LogP contribution in [0.15, 0.2) is 6.07 Å². The number of H-pyrrole nitrogens is 1. The van der Waals surface area contributed by atoms with Crippen molar-refractivity contribution in [3.8, 4) is 0 Å². The van der Waals surface area contributed by atoms with Crippen molar-refractivity contribution in [3.05, 3.63) is 34.5 Å². The lowest BCUT2D eigenvalue weighted by molar-refractivity contribution is 0.0854. The number of nitrogens with zero attached hydrogens (tertiary/aromatic N) is 3. The zero-order valence-corrected chi connectivity index (χ0v) is 15.1. The molecule has 3 heterocycles. The van der Waals surface area contributed by atoms with Crippen LogP contribution in [-0.2, 0) is 29.4 Å². The summed E-state index contributed by atoms with van der Waals surface area (Å²) in [5, 5.41) is 4.30. The van der Waals surface area contributed by atoms with E-state index in [1.54, 1.807) is 0 Å². The highest BCUT2D eigenvalue weighted by atomic mass is 32.2. The molecular formula is C16H20FN5O3S. The molecule has 1 aliphatic carbocycles. The highest BCUT2D eigenvalue weighted by Crippen LogP contribution is 2.34. The molecule has 0 spiro atoms. The van der Waals surface area contributed by atoms with Gasteiger partial charge in [-0.3, -0.25) is 4.79 Å². The highest BCUT2D eigenvalue weighted by molar-refractivity contribution is 7.88. The Labute approximate surface area is 150 Å². The first-order valence-electron chi connectivity index (χ1n) is 8.48. The minimum atomic E-state index is -3.34. The van der Waals surface area contributed by atoms with Crippen molar-refractivity contribution in [2.24, 2.45) is 0 Å². The Kier molecular flexibility index (Phi) is 3.92. The summed E-state index contributed by atoms with van der Waals surface area (Å²) >= 11 is 0. The van der Waals surface area contributed by atoms with Crippen molar-refractivity contribution in [1.82, 2.24) is 19.1 Å². The minimum absolute atomic E-state index is 0.105.